The Morgan fingerprint density at radius 3 is 3.00 bits per heavy atom. The molecule has 1 aliphatic heterocycles. The molecule has 29 heavy (non-hydrogen) atoms. The van der Waals surface area contributed by atoms with Gasteiger partial charge in [0.05, 0.1) is 19.9 Å². The quantitative estimate of drug-likeness (QED) is 0.504. The Morgan fingerprint density at radius 1 is 1.34 bits per heavy atom. The molecule has 0 amide bonds. The Kier molecular flexibility index (Phi) is 5.80. The number of nitrogens with two attached hydrogens (primary N) is 1. The molecule has 0 bridgehead atoms. The van der Waals surface area contributed by atoms with Crippen molar-refractivity contribution in [1.82, 2.24) is 25.1 Å². The molecule has 8 heteroatoms. The molecule has 0 aliphatic carbocycles. The summed E-state index contributed by atoms with van der Waals surface area (Å²) in [4.78, 5) is 8.67. The van der Waals surface area contributed by atoms with Crippen LogP contribution in [0.15, 0.2) is 24.4 Å². The third kappa shape index (κ3) is 4.27. The molecule has 0 unspecified atom stereocenters. The summed E-state index contributed by atoms with van der Waals surface area (Å²) in [7, 11) is 1.71. The summed E-state index contributed by atoms with van der Waals surface area (Å²) in [5.41, 5.74) is 9.71. The number of anilines is 2. The molecule has 3 heterocycles. The van der Waals surface area contributed by atoms with Crippen LogP contribution in [0.5, 0.6) is 5.75 Å². The molecule has 1 aliphatic rings. The smallest absolute Gasteiger partial charge is 0.222 e. The number of nitrogens with one attached hydrogen (secondary N) is 2. The predicted molar refractivity (Wildman–Crippen MR) is 115 cm³/mol. The second kappa shape index (κ2) is 8.65. The van der Waals surface area contributed by atoms with E-state index in [0.29, 0.717) is 18.4 Å². The maximum absolute atomic E-state index is 5.89. The average molecular weight is 396 g/mol. The highest BCUT2D eigenvalue weighted by atomic mass is 16.5. The van der Waals surface area contributed by atoms with E-state index >= 15 is 0 Å². The Bertz CT molecular complexity index is 979. The molecular formula is C21H29N7O. The number of unbranched alkanes of at least 4 members (excludes halogenated alkanes) is 1. The summed E-state index contributed by atoms with van der Waals surface area (Å²) in [5.74, 6) is 1.82. The lowest BCUT2D eigenvalue weighted by atomic mass is 10.0. The number of aromatic nitrogens is 4. The third-order valence-electron chi connectivity index (χ3n) is 5.36. The molecule has 4 N–H and O–H groups in total. The molecule has 1 fully saturated rings. The van der Waals surface area contributed by atoms with Gasteiger partial charge in [-0.15, -0.1) is 0 Å². The fraction of sp³-hybridized carbons (Fsp3) is 0.476. The van der Waals surface area contributed by atoms with Gasteiger partial charge in [0.25, 0.3) is 0 Å². The van der Waals surface area contributed by atoms with E-state index in [1.54, 1.807) is 7.11 Å². The molecule has 0 radical (unpaired) electrons. The Balaban J connectivity index is 1.59. The highest BCUT2D eigenvalue weighted by Crippen LogP contribution is 2.29. The second-order valence-corrected chi connectivity index (χ2v) is 7.49. The van der Waals surface area contributed by atoms with Crippen molar-refractivity contribution in [2.24, 2.45) is 0 Å². The standard InChI is InChI=1S/C21H29N7O/c1-3-4-9-24-20-19-17(25-21(22)26-20)13-28(27-19)12-15-8-7-14(11-18(15)29-2)16-6-5-10-23-16/h7-8,11,13,16,23H,3-6,9-10,12H2,1-2H3,(H3,22,24,25,26)/t16-/m1/s1. The van der Waals surface area contributed by atoms with Crippen LogP contribution in [-0.2, 0) is 6.54 Å². The minimum atomic E-state index is 0.252. The lowest BCUT2D eigenvalue weighted by Gasteiger charge is -2.15. The molecule has 0 spiro atoms. The fourth-order valence-corrected chi connectivity index (χ4v) is 3.82. The van der Waals surface area contributed by atoms with Gasteiger partial charge in [-0.25, -0.2) is 4.98 Å². The number of fused-ring (bicyclic) bond motifs is 1. The first-order valence-electron chi connectivity index (χ1n) is 10.3. The first-order chi connectivity index (χ1) is 14.2. The van der Waals surface area contributed by atoms with E-state index in [2.05, 4.69) is 45.7 Å². The number of ether oxygens (including phenoxy) is 1. The van der Waals surface area contributed by atoms with Crippen LogP contribution in [0.1, 0.15) is 49.8 Å². The zero-order valence-corrected chi connectivity index (χ0v) is 17.1. The monoisotopic (exact) mass is 395 g/mol. The van der Waals surface area contributed by atoms with Crippen LogP contribution in [0.4, 0.5) is 11.8 Å². The summed E-state index contributed by atoms with van der Waals surface area (Å²) in [6.07, 6.45) is 6.46. The van der Waals surface area contributed by atoms with Crippen molar-refractivity contribution < 1.29 is 4.74 Å². The minimum Gasteiger partial charge on any atom is -0.496 e. The maximum atomic E-state index is 5.89. The molecule has 1 saturated heterocycles. The molecule has 8 nitrogen and oxygen atoms in total. The summed E-state index contributed by atoms with van der Waals surface area (Å²) >= 11 is 0. The lowest BCUT2D eigenvalue weighted by molar-refractivity contribution is 0.406. The summed E-state index contributed by atoms with van der Waals surface area (Å²) in [5, 5.41) is 11.6. The number of nitrogens with zero attached hydrogens (tertiary/aromatic N) is 4. The zero-order chi connectivity index (χ0) is 20.2. The van der Waals surface area contributed by atoms with Gasteiger partial charge in [-0.3, -0.25) is 4.68 Å². The molecule has 3 aromatic rings. The number of rotatable bonds is 8. The molecule has 1 aromatic carbocycles. The van der Waals surface area contributed by atoms with Gasteiger partial charge in [-0.1, -0.05) is 25.5 Å². The van der Waals surface area contributed by atoms with E-state index in [1.807, 2.05) is 10.9 Å². The van der Waals surface area contributed by atoms with E-state index in [-0.39, 0.29) is 5.95 Å². The zero-order valence-electron chi connectivity index (χ0n) is 17.1. The highest BCUT2D eigenvalue weighted by Gasteiger charge is 2.18. The number of benzene rings is 1. The molecule has 1 atom stereocenters. The van der Waals surface area contributed by atoms with Crippen LogP contribution >= 0.6 is 0 Å². The Morgan fingerprint density at radius 2 is 2.24 bits per heavy atom. The van der Waals surface area contributed by atoms with Gasteiger partial charge in [0, 0.05) is 18.2 Å². The fourth-order valence-electron chi connectivity index (χ4n) is 3.82. The average Bonchev–Trinajstić information content (AvgIpc) is 3.38. The normalized spacial score (nSPS) is 16.4. The molecule has 4 rings (SSSR count). The van der Waals surface area contributed by atoms with Crippen LogP contribution in [0.2, 0.25) is 0 Å². The van der Waals surface area contributed by atoms with Crippen LogP contribution in [0.25, 0.3) is 11.0 Å². The second-order valence-electron chi connectivity index (χ2n) is 7.49. The Labute approximate surface area is 170 Å². The maximum Gasteiger partial charge on any atom is 0.222 e. The molecule has 0 saturated carbocycles. The van der Waals surface area contributed by atoms with Crippen molar-refractivity contribution in [2.45, 2.75) is 45.2 Å². The number of methoxy groups -OCH3 is 1. The minimum absolute atomic E-state index is 0.252. The van der Waals surface area contributed by atoms with Crippen molar-refractivity contribution in [3.63, 3.8) is 0 Å². The third-order valence-corrected chi connectivity index (χ3v) is 5.36. The first kappa shape index (κ1) is 19.4. The largest absolute Gasteiger partial charge is 0.496 e. The van der Waals surface area contributed by atoms with E-state index < -0.39 is 0 Å². The van der Waals surface area contributed by atoms with Crippen molar-refractivity contribution in [2.75, 3.05) is 31.2 Å². The summed E-state index contributed by atoms with van der Waals surface area (Å²) in [6.45, 7) is 4.65. The topological polar surface area (TPSA) is 103 Å². The number of hydrogen-bond acceptors (Lipinski definition) is 7. The first-order valence-corrected chi connectivity index (χ1v) is 10.3. The van der Waals surface area contributed by atoms with Gasteiger partial charge in [-0.05, 0) is 37.4 Å². The summed E-state index contributed by atoms with van der Waals surface area (Å²) < 4.78 is 7.54. The van der Waals surface area contributed by atoms with Gasteiger partial charge >= 0.3 is 0 Å². The van der Waals surface area contributed by atoms with Gasteiger partial charge in [-0.2, -0.15) is 10.1 Å². The van der Waals surface area contributed by atoms with E-state index in [0.717, 1.165) is 48.3 Å². The SMILES string of the molecule is CCCCNc1nc(N)nc2cn(Cc3ccc([C@H]4CCCN4)cc3OC)nc12. The van der Waals surface area contributed by atoms with Gasteiger partial charge in [0.15, 0.2) is 11.3 Å². The van der Waals surface area contributed by atoms with E-state index in [1.165, 1.54) is 18.4 Å². The number of hydrogen-bond donors (Lipinski definition) is 3. The number of nitrogen functional groups attached to an aromatic ring is 1. The van der Waals surface area contributed by atoms with Crippen molar-refractivity contribution in [3.05, 3.63) is 35.5 Å². The predicted octanol–water partition coefficient (Wildman–Crippen LogP) is 3.10. The molecular weight excluding hydrogens is 366 g/mol. The molecule has 154 valence electrons. The Hall–Kier alpha value is -2.87. The highest BCUT2D eigenvalue weighted by molar-refractivity contribution is 5.85. The van der Waals surface area contributed by atoms with Gasteiger partial charge in [0.1, 0.15) is 11.3 Å². The molecule has 2 aromatic heterocycles. The van der Waals surface area contributed by atoms with Crippen LogP contribution in [0, 0.1) is 0 Å². The van der Waals surface area contributed by atoms with E-state index in [4.69, 9.17) is 15.6 Å². The van der Waals surface area contributed by atoms with Crippen molar-refractivity contribution in [3.8, 4) is 5.75 Å². The van der Waals surface area contributed by atoms with Gasteiger partial charge < -0.3 is 21.1 Å². The van der Waals surface area contributed by atoms with Crippen LogP contribution < -0.4 is 21.1 Å². The van der Waals surface area contributed by atoms with Crippen LogP contribution in [-0.4, -0.2) is 39.9 Å². The van der Waals surface area contributed by atoms with Gasteiger partial charge in [0.2, 0.25) is 5.95 Å². The van der Waals surface area contributed by atoms with Crippen molar-refractivity contribution in [1.29, 1.82) is 0 Å². The van der Waals surface area contributed by atoms with E-state index in [9.17, 15) is 0 Å². The van der Waals surface area contributed by atoms with Crippen LogP contribution in [0.3, 0.4) is 0 Å². The lowest BCUT2D eigenvalue weighted by Crippen LogP contribution is -2.13. The summed E-state index contributed by atoms with van der Waals surface area (Å²) in [6, 6.07) is 6.86. The van der Waals surface area contributed by atoms with Crippen molar-refractivity contribution >= 4 is 22.8 Å².